The lowest BCUT2D eigenvalue weighted by molar-refractivity contribution is 0.125. The van der Waals surface area contributed by atoms with E-state index in [-0.39, 0.29) is 0 Å². The summed E-state index contributed by atoms with van der Waals surface area (Å²) in [6, 6.07) is 10.9. The summed E-state index contributed by atoms with van der Waals surface area (Å²) in [6.07, 6.45) is 2.44. The third-order valence-electron chi connectivity index (χ3n) is 6.32. The second kappa shape index (κ2) is 11.6. The van der Waals surface area contributed by atoms with E-state index in [1.807, 2.05) is 0 Å². The molecule has 0 bridgehead atoms. The van der Waals surface area contributed by atoms with Crippen LogP contribution in [0.2, 0.25) is 0 Å². The largest absolute Gasteiger partial charge is 0.357 e. The number of rotatable bonds is 8. The minimum Gasteiger partial charge on any atom is -0.357 e. The topological polar surface area (TPSA) is 34.1 Å². The van der Waals surface area contributed by atoms with Crippen molar-refractivity contribution >= 4 is 5.96 Å². The minimum atomic E-state index is 0.597. The lowest BCUT2D eigenvalue weighted by Gasteiger charge is -2.35. The van der Waals surface area contributed by atoms with E-state index >= 15 is 0 Å². The molecule has 162 valence electrons. The Balaban J connectivity index is 1.46. The molecule has 2 fully saturated rings. The van der Waals surface area contributed by atoms with Crippen LogP contribution in [0, 0.1) is 11.8 Å². The van der Waals surface area contributed by atoms with Crippen LogP contribution in [-0.2, 0) is 6.42 Å². The van der Waals surface area contributed by atoms with Gasteiger partial charge in [0.15, 0.2) is 5.96 Å². The highest BCUT2D eigenvalue weighted by Gasteiger charge is 2.25. The third kappa shape index (κ3) is 7.00. The van der Waals surface area contributed by atoms with Gasteiger partial charge in [-0.1, -0.05) is 44.2 Å². The van der Waals surface area contributed by atoms with Gasteiger partial charge in [-0.2, -0.15) is 0 Å². The van der Waals surface area contributed by atoms with Crippen LogP contribution < -0.4 is 5.32 Å². The van der Waals surface area contributed by atoms with Crippen LogP contribution in [0.4, 0.5) is 0 Å². The molecule has 2 atom stereocenters. The molecule has 0 aromatic heterocycles. The Morgan fingerprint density at radius 1 is 1.07 bits per heavy atom. The van der Waals surface area contributed by atoms with Gasteiger partial charge in [-0.3, -0.25) is 4.99 Å². The van der Waals surface area contributed by atoms with Gasteiger partial charge in [0.1, 0.15) is 0 Å². The number of aliphatic imine (C=N–C) groups is 1. The van der Waals surface area contributed by atoms with Gasteiger partial charge in [-0.15, -0.1) is 0 Å². The first kappa shape index (κ1) is 22.1. The first-order valence-corrected chi connectivity index (χ1v) is 11.7. The number of nitrogens with zero attached hydrogens (tertiary/aromatic N) is 4. The van der Waals surface area contributed by atoms with E-state index in [9.17, 15) is 0 Å². The molecule has 2 unspecified atom stereocenters. The van der Waals surface area contributed by atoms with E-state index in [4.69, 9.17) is 4.99 Å². The van der Waals surface area contributed by atoms with E-state index in [2.05, 4.69) is 71.1 Å². The Hall–Kier alpha value is -1.59. The molecule has 0 amide bonds. The highest BCUT2D eigenvalue weighted by molar-refractivity contribution is 5.80. The fraction of sp³-hybridized carbons (Fsp3) is 0.708. The second-order valence-corrected chi connectivity index (χ2v) is 8.83. The normalized spacial score (nSPS) is 22.8. The van der Waals surface area contributed by atoms with Crippen molar-refractivity contribution in [1.82, 2.24) is 20.0 Å². The molecule has 2 aliphatic rings. The van der Waals surface area contributed by atoms with Gasteiger partial charge in [-0.25, -0.2) is 0 Å². The van der Waals surface area contributed by atoms with Gasteiger partial charge in [0.25, 0.3) is 0 Å². The highest BCUT2D eigenvalue weighted by Crippen LogP contribution is 2.21. The molecule has 0 radical (unpaired) electrons. The first-order valence-electron chi connectivity index (χ1n) is 11.7. The van der Waals surface area contributed by atoms with Crippen molar-refractivity contribution in [3.63, 3.8) is 0 Å². The van der Waals surface area contributed by atoms with E-state index in [0.717, 1.165) is 44.6 Å². The summed E-state index contributed by atoms with van der Waals surface area (Å²) < 4.78 is 0. The summed E-state index contributed by atoms with van der Waals surface area (Å²) in [4.78, 5) is 12.7. The quantitative estimate of drug-likeness (QED) is 0.538. The maximum Gasteiger partial charge on any atom is 0.193 e. The van der Waals surface area contributed by atoms with Crippen molar-refractivity contribution in [2.24, 2.45) is 16.8 Å². The summed E-state index contributed by atoms with van der Waals surface area (Å²) in [6.45, 7) is 18.1. The molecule has 1 aromatic carbocycles. The number of hydrogen-bond acceptors (Lipinski definition) is 3. The van der Waals surface area contributed by atoms with Crippen molar-refractivity contribution < 1.29 is 0 Å². The molecule has 29 heavy (non-hydrogen) atoms. The first-order chi connectivity index (χ1) is 14.2. The zero-order valence-electron chi connectivity index (χ0n) is 18.8. The van der Waals surface area contributed by atoms with E-state index in [1.165, 1.54) is 51.1 Å². The Morgan fingerprint density at radius 3 is 2.48 bits per heavy atom. The van der Waals surface area contributed by atoms with Crippen molar-refractivity contribution in [2.45, 2.75) is 33.6 Å². The Bertz CT molecular complexity index is 609. The molecule has 0 aliphatic carbocycles. The maximum absolute atomic E-state index is 5.03. The van der Waals surface area contributed by atoms with E-state index < -0.39 is 0 Å². The van der Waals surface area contributed by atoms with E-state index in [1.54, 1.807) is 0 Å². The zero-order valence-corrected chi connectivity index (χ0v) is 18.8. The monoisotopic (exact) mass is 399 g/mol. The van der Waals surface area contributed by atoms with Crippen LogP contribution in [-0.4, -0.2) is 86.1 Å². The Labute approximate surface area is 178 Å². The molecule has 0 spiro atoms. The predicted octanol–water partition coefficient (Wildman–Crippen LogP) is 2.79. The predicted molar refractivity (Wildman–Crippen MR) is 124 cm³/mol. The number of nitrogens with one attached hydrogen (secondary N) is 1. The molecule has 2 saturated heterocycles. The Kier molecular flexibility index (Phi) is 8.81. The Morgan fingerprint density at radius 2 is 1.79 bits per heavy atom. The number of hydrogen-bond donors (Lipinski definition) is 1. The SMILES string of the molecule is CCNC(=NCC(C)CN1CCN(CC)CC1)N1CCC(Cc2ccccc2)C1. The van der Waals surface area contributed by atoms with Crippen molar-refractivity contribution in [1.29, 1.82) is 0 Å². The van der Waals surface area contributed by atoms with Crippen LogP contribution in [0.3, 0.4) is 0 Å². The van der Waals surface area contributed by atoms with E-state index in [0.29, 0.717) is 5.92 Å². The van der Waals surface area contributed by atoms with Crippen LogP contribution in [0.5, 0.6) is 0 Å². The molecule has 5 heteroatoms. The standard InChI is InChI=1S/C24H41N5/c1-4-25-24(26-18-21(3)19-28-15-13-27(5-2)14-16-28)29-12-11-23(20-29)17-22-9-7-6-8-10-22/h6-10,21,23H,4-5,11-20H2,1-3H3,(H,25,26). The summed E-state index contributed by atoms with van der Waals surface area (Å²) in [5.41, 5.74) is 1.46. The van der Waals surface area contributed by atoms with Crippen LogP contribution in [0.1, 0.15) is 32.8 Å². The van der Waals surface area contributed by atoms with Gasteiger partial charge >= 0.3 is 0 Å². The molecule has 5 nitrogen and oxygen atoms in total. The average Bonchev–Trinajstić information content (AvgIpc) is 3.20. The number of piperazine rings is 1. The van der Waals surface area contributed by atoms with Gasteiger partial charge in [0.05, 0.1) is 0 Å². The van der Waals surface area contributed by atoms with Gasteiger partial charge in [0.2, 0.25) is 0 Å². The average molecular weight is 400 g/mol. The molecule has 1 aromatic rings. The molecular formula is C24H41N5. The number of guanidine groups is 1. The smallest absolute Gasteiger partial charge is 0.193 e. The lowest BCUT2D eigenvalue weighted by atomic mass is 9.99. The third-order valence-corrected chi connectivity index (χ3v) is 6.32. The molecular weight excluding hydrogens is 358 g/mol. The molecule has 2 aliphatic heterocycles. The van der Waals surface area contributed by atoms with Crippen LogP contribution in [0.15, 0.2) is 35.3 Å². The fourth-order valence-electron chi connectivity index (χ4n) is 4.59. The molecule has 3 rings (SSSR count). The van der Waals surface area contributed by atoms with Crippen LogP contribution in [0.25, 0.3) is 0 Å². The van der Waals surface area contributed by atoms with Crippen molar-refractivity contribution in [3.05, 3.63) is 35.9 Å². The van der Waals surface area contributed by atoms with Gasteiger partial charge < -0.3 is 20.0 Å². The fourth-order valence-corrected chi connectivity index (χ4v) is 4.59. The molecule has 2 heterocycles. The highest BCUT2D eigenvalue weighted by atomic mass is 15.3. The minimum absolute atomic E-state index is 0.597. The lowest BCUT2D eigenvalue weighted by Crippen LogP contribution is -2.47. The molecule has 1 N–H and O–H groups in total. The summed E-state index contributed by atoms with van der Waals surface area (Å²) in [5, 5.41) is 3.54. The summed E-state index contributed by atoms with van der Waals surface area (Å²) in [5.74, 6) is 2.44. The van der Waals surface area contributed by atoms with Gasteiger partial charge in [-0.05, 0) is 43.7 Å². The zero-order chi connectivity index (χ0) is 20.5. The van der Waals surface area contributed by atoms with Crippen molar-refractivity contribution in [2.75, 3.05) is 65.4 Å². The van der Waals surface area contributed by atoms with Crippen LogP contribution >= 0.6 is 0 Å². The number of benzene rings is 1. The molecule has 0 saturated carbocycles. The van der Waals surface area contributed by atoms with Gasteiger partial charge in [0, 0.05) is 58.9 Å². The maximum atomic E-state index is 5.03. The number of likely N-dealkylation sites (tertiary alicyclic amines) is 1. The van der Waals surface area contributed by atoms with Crippen molar-refractivity contribution in [3.8, 4) is 0 Å². The second-order valence-electron chi connectivity index (χ2n) is 8.83. The number of likely N-dealkylation sites (N-methyl/N-ethyl adjacent to an activating group) is 1. The summed E-state index contributed by atoms with van der Waals surface area (Å²) in [7, 11) is 0. The summed E-state index contributed by atoms with van der Waals surface area (Å²) >= 11 is 0.